The Hall–Kier alpha value is -2.43. The zero-order chi connectivity index (χ0) is 17.8. The summed E-state index contributed by atoms with van der Waals surface area (Å²) in [6, 6.07) is 7.09. The van der Waals surface area contributed by atoms with E-state index < -0.39 is 34.1 Å². The lowest BCUT2D eigenvalue weighted by atomic mass is 9.99. The quantitative estimate of drug-likeness (QED) is 0.863. The molecule has 1 aromatic heterocycles. The summed E-state index contributed by atoms with van der Waals surface area (Å²) >= 11 is 1.30. The van der Waals surface area contributed by atoms with E-state index in [1.165, 1.54) is 28.4 Å². The van der Waals surface area contributed by atoms with E-state index in [2.05, 4.69) is 0 Å². The first-order valence-electron chi connectivity index (χ1n) is 7.36. The summed E-state index contributed by atoms with van der Waals surface area (Å²) in [5.41, 5.74) is 6.13. The topological polar surface area (TPSA) is 110 Å². The Labute approximate surface area is 147 Å². The van der Waals surface area contributed by atoms with E-state index in [9.17, 15) is 18.0 Å². The predicted molar refractivity (Wildman–Crippen MR) is 87.6 cm³/mol. The summed E-state index contributed by atoms with van der Waals surface area (Å²) in [4.78, 5) is 26.3. The van der Waals surface area contributed by atoms with Gasteiger partial charge in [-0.25, -0.2) is 4.79 Å². The van der Waals surface area contributed by atoms with Crippen molar-refractivity contribution in [1.29, 1.82) is 0 Å². The molecule has 1 aromatic carbocycles. The minimum absolute atomic E-state index is 0.0590. The average molecular weight is 379 g/mol. The van der Waals surface area contributed by atoms with Crippen LogP contribution < -0.4 is 5.73 Å². The molecule has 0 spiro atoms. The lowest BCUT2D eigenvalue weighted by Gasteiger charge is -2.27. The molecule has 0 radical (unpaired) electrons. The third-order valence-corrected chi connectivity index (χ3v) is 6.40. The van der Waals surface area contributed by atoms with E-state index in [0.717, 1.165) is 5.06 Å². The number of fused-ring (bicyclic) bond motifs is 4. The fourth-order valence-corrected chi connectivity index (χ4v) is 5.14. The van der Waals surface area contributed by atoms with E-state index in [0.29, 0.717) is 10.4 Å². The molecule has 2 bridgehead atoms. The fourth-order valence-electron chi connectivity index (χ4n) is 3.11. The molecular formula is C15H13N3O5S2. The zero-order valence-electron chi connectivity index (χ0n) is 12.7. The summed E-state index contributed by atoms with van der Waals surface area (Å²) in [7, 11) is -4.17. The van der Waals surface area contributed by atoms with Crippen molar-refractivity contribution in [2.45, 2.75) is 17.0 Å². The average Bonchev–Trinajstić information content (AvgIpc) is 3.16. The molecule has 2 N–H and O–H groups in total. The molecule has 2 aliphatic heterocycles. The van der Waals surface area contributed by atoms with E-state index in [-0.39, 0.29) is 11.4 Å². The van der Waals surface area contributed by atoms with Crippen LogP contribution in [0.5, 0.6) is 0 Å². The molecule has 8 nitrogen and oxygen atoms in total. The van der Waals surface area contributed by atoms with Crippen molar-refractivity contribution >= 4 is 33.4 Å². The number of rotatable bonds is 4. The van der Waals surface area contributed by atoms with Gasteiger partial charge in [0.05, 0.1) is 11.4 Å². The molecule has 1 saturated heterocycles. The highest BCUT2D eigenvalue weighted by Gasteiger charge is 2.52. The van der Waals surface area contributed by atoms with Crippen LogP contribution in [0.1, 0.15) is 22.5 Å². The van der Waals surface area contributed by atoms with Crippen molar-refractivity contribution in [3.8, 4) is 0 Å². The van der Waals surface area contributed by atoms with Crippen LogP contribution in [0.25, 0.3) is 0 Å². The highest BCUT2D eigenvalue weighted by Crippen LogP contribution is 2.46. The number of carbonyl (C=O) groups excluding carboxylic acids is 2. The van der Waals surface area contributed by atoms with Gasteiger partial charge in [-0.1, -0.05) is 18.2 Å². The molecule has 130 valence electrons. The maximum Gasteiger partial charge on any atom is 0.346 e. The summed E-state index contributed by atoms with van der Waals surface area (Å²) < 4.78 is 30.1. The molecule has 2 aliphatic rings. The lowest BCUT2D eigenvalue weighted by molar-refractivity contribution is -0.122. The lowest BCUT2D eigenvalue weighted by Crippen LogP contribution is -2.41. The molecule has 3 heterocycles. The van der Waals surface area contributed by atoms with Gasteiger partial charge in [-0.15, -0.1) is 15.6 Å². The van der Waals surface area contributed by atoms with Crippen LogP contribution in [0.4, 0.5) is 4.79 Å². The number of amides is 3. The van der Waals surface area contributed by atoms with Gasteiger partial charge in [-0.3, -0.25) is 4.79 Å². The van der Waals surface area contributed by atoms with Gasteiger partial charge in [0, 0.05) is 4.88 Å². The van der Waals surface area contributed by atoms with Crippen LogP contribution in [-0.2, 0) is 19.2 Å². The van der Waals surface area contributed by atoms with Gasteiger partial charge in [-0.2, -0.15) is 13.5 Å². The standard InChI is InChI=1S/C15H13N3O5S2/c16-14(19)12-13-10(6-7-24-13)11-8-17(12)15(20)18(11)23-25(21,22)9-4-2-1-3-5-9/h1-7,11-12H,8H2,(H2,16,19)/t11-,12?/m1/s1. The third-order valence-electron chi connectivity index (χ3n) is 4.21. The van der Waals surface area contributed by atoms with Crippen LogP contribution in [0.3, 0.4) is 0 Å². The molecular weight excluding hydrogens is 366 g/mol. The van der Waals surface area contributed by atoms with Crippen molar-refractivity contribution in [1.82, 2.24) is 9.96 Å². The second-order valence-corrected chi connectivity index (χ2v) is 8.14. The largest absolute Gasteiger partial charge is 0.368 e. The second-order valence-electron chi connectivity index (χ2n) is 5.66. The smallest absolute Gasteiger partial charge is 0.346 e. The summed E-state index contributed by atoms with van der Waals surface area (Å²) in [5.74, 6) is -0.664. The van der Waals surface area contributed by atoms with Gasteiger partial charge in [0.15, 0.2) is 0 Å². The van der Waals surface area contributed by atoms with E-state index in [1.807, 2.05) is 0 Å². The Kier molecular flexibility index (Phi) is 3.56. The first-order chi connectivity index (χ1) is 11.9. The van der Waals surface area contributed by atoms with Crippen LogP contribution in [-0.4, -0.2) is 36.9 Å². The number of hydroxylamine groups is 2. The van der Waals surface area contributed by atoms with Gasteiger partial charge in [-0.05, 0) is 29.1 Å². The number of nitrogens with two attached hydrogens (primary N) is 1. The van der Waals surface area contributed by atoms with Crippen molar-refractivity contribution < 1.29 is 22.3 Å². The van der Waals surface area contributed by atoms with Gasteiger partial charge in [0.2, 0.25) is 5.91 Å². The third kappa shape index (κ3) is 2.41. The zero-order valence-corrected chi connectivity index (χ0v) is 14.4. The maximum atomic E-state index is 12.6. The predicted octanol–water partition coefficient (Wildman–Crippen LogP) is 1.39. The Balaban J connectivity index is 1.72. The highest BCUT2D eigenvalue weighted by molar-refractivity contribution is 7.86. The number of carbonyl (C=O) groups is 2. The second kappa shape index (κ2) is 5.55. The molecule has 1 unspecified atom stereocenters. The maximum absolute atomic E-state index is 12.6. The molecule has 0 saturated carbocycles. The molecule has 0 aliphatic carbocycles. The van der Waals surface area contributed by atoms with E-state index >= 15 is 0 Å². The number of thiophene rings is 1. The van der Waals surface area contributed by atoms with Crippen molar-refractivity contribution in [2.24, 2.45) is 5.73 Å². The van der Waals surface area contributed by atoms with Crippen LogP contribution >= 0.6 is 11.3 Å². The van der Waals surface area contributed by atoms with Gasteiger partial charge in [0.1, 0.15) is 12.1 Å². The Morgan fingerprint density at radius 1 is 1.24 bits per heavy atom. The molecule has 2 atom stereocenters. The number of benzene rings is 1. The van der Waals surface area contributed by atoms with Gasteiger partial charge in [0.25, 0.3) is 0 Å². The summed E-state index contributed by atoms with van der Waals surface area (Å²) in [5, 5.41) is 2.59. The van der Waals surface area contributed by atoms with E-state index in [4.69, 9.17) is 10.0 Å². The fraction of sp³-hybridized carbons (Fsp3) is 0.200. The molecule has 4 rings (SSSR count). The summed E-state index contributed by atoms with van der Waals surface area (Å²) in [6.45, 7) is 0.139. The Morgan fingerprint density at radius 3 is 2.64 bits per heavy atom. The first-order valence-corrected chi connectivity index (χ1v) is 9.65. The van der Waals surface area contributed by atoms with Gasteiger partial charge < -0.3 is 10.6 Å². The van der Waals surface area contributed by atoms with Crippen molar-refractivity contribution in [3.63, 3.8) is 0 Å². The van der Waals surface area contributed by atoms with Crippen molar-refractivity contribution in [3.05, 3.63) is 52.2 Å². The Morgan fingerprint density at radius 2 is 1.96 bits per heavy atom. The monoisotopic (exact) mass is 379 g/mol. The molecule has 25 heavy (non-hydrogen) atoms. The normalized spacial score (nSPS) is 22.2. The van der Waals surface area contributed by atoms with Crippen molar-refractivity contribution in [2.75, 3.05) is 6.54 Å². The molecule has 3 amide bonds. The minimum Gasteiger partial charge on any atom is -0.368 e. The highest BCUT2D eigenvalue weighted by atomic mass is 32.2. The minimum atomic E-state index is -4.17. The van der Waals surface area contributed by atoms with Gasteiger partial charge >= 0.3 is 16.1 Å². The van der Waals surface area contributed by atoms with Crippen LogP contribution in [0.2, 0.25) is 0 Å². The molecule has 1 fully saturated rings. The number of hydrogen-bond acceptors (Lipinski definition) is 6. The first kappa shape index (κ1) is 16.1. The number of nitrogens with zero attached hydrogens (tertiary/aromatic N) is 2. The van der Waals surface area contributed by atoms with Crippen LogP contribution in [0, 0.1) is 0 Å². The number of hydrogen-bond donors (Lipinski definition) is 1. The Bertz CT molecular complexity index is 957. The molecule has 2 aromatic rings. The SMILES string of the molecule is NC(=O)C1c2sccc2[C@H]2CN1C(=O)N2OS(=O)(=O)c1ccccc1. The molecule has 10 heteroatoms. The summed E-state index contributed by atoms with van der Waals surface area (Å²) in [6.07, 6.45) is 0. The number of urea groups is 1. The number of primary amides is 1. The van der Waals surface area contributed by atoms with E-state index in [1.54, 1.807) is 29.6 Å². The van der Waals surface area contributed by atoms with Crippen LogP contribution in [0.15, 0.2) is 46.7 Å².